The van der Waals surface area contributed by atoms with Crippen LogP contribution in [0, 0.1) is 5.41 Å². The topological polar surface area (TPSA) is 108 Å². The fourth-order valence-electron chi connectivity index (χ4n) is 3.60. The summed E-state index contributed by atoms with van der Waals surface area (Å²) < 4.78 is 1.95. The summed E-state index contributed by atoms with van der Waals surface area (Å²) >= 11 is 5.69. The maximum atomic E-state index is 13.0. The summed E-state index contributed by atoms with van der Waals surface area (Å²) in [4.78, 5) is 29.2. The van der Waals surface area contributed by atoms with Crippen molar-refractivity contribution in [1.29, 1.82) is 5.41 Å². The average Bonchev–Trinajstić information content (AvgIpc) is 3.12. The Kier molecular flexibility index (Phi) is 7.41. The second-order valence-corrected chi connectivity index (χ2v) is 7.64. The second-order valence-electron chi connectivity index (χ2n) is 7.38. The van der Waals surface area contributed by atoms with E-state index in [9.17, 15) is 14.7 Å². The molecule has 3 rings (SSSR count). The van der Waals surface area contributed by atoms with Crippen LogP contribution in [0.5, 0.6) is 0 Å². The third-order valence-electron chi connectivity index (χ3n) is 5.22. The number of benzene rings is 2. The van der Waals surface area contributed by atoms with Gasteiger partial charge in [0, 0.05) is 12.8 Å². The number of aromatic carboxylic acids is 1. The minimum Gasteiger partial charge on any atom is -0.478 e. The van der Waals surface area contributed by atoms with Gasteiger partial charge in [-0.15, -0.1) is 11.6 Å². The fourth-order valence-corrected chi connectivity index (χ4v) is 3.73. The fraction of sp³-hybridized carbons (Fsp3) is 0.304. The Balaban J connectivity index is 1.86. The Labute approximate surface area is 185 Å². The summed E-state index contributed by atoms with van der Waals surface area (Å²) in [5.41, 5.74) is 2.34. The number of alkyl halides is 1. The molecule has 0 aliphatic carbocycles. The number of nitrogens with zero attached hydrogens (tertiary/aromatic N) is 2. The van der Waals surface area contributed by atoms with E-state index in [1.807, 2.05) is 35.9 Å². The SMILES string of the molecule is Cn1c([C@H](CCCCC(=N)CCl)NC(=O)c2ccccc2C(=O)O)nc2ccccc21. The molecule has 162 valence electrons. The minimum absolute atomic E-state index is 0.0423. The van der Waals surface area contributed by atoms with Gasteiger partial charge < -0.3 is 20.4 Å². The number of unbranched alkanes of at least 4 members (excludes halogenated alkanes) is 1. The number of amides is 1. The van der Waals surface area contributed by atoms with Crippen LogP contribution in [0.1, 0.15) is 58.3 Å². The Hall–Kier alpha value is -3.19. The van der Waals surface area contributed by atoms with E-state index in [0.717, 1.165) is 23.9 Å². The lowest BCUT2D eigenvalue weighted by Crippen LogP contribution is -2.31. The first-order valence-electron chi connectivity index (χ1n) is 10.1. The van der Waals surface area contributed by atoms with Gasteiger partial charge in [-0.05, 0) is 43.5 Å². The number of aromatic nitrogens is 2. The number of hydrogen-bond acceptors (Lipinski definition) is 4. The van der Waals surface area contributed by atoms with Crippen molar-refractivity contribution in [3.05, 3.63) is 65.5 Å². The number of carbonyl (C=O) groups is 2. The van der Waals surface area contributed by atoms with E-state index in [2.05, 4.69) is 5.32 Å². The summed E-state index contributed by atoms with van der Waals surface area (Å²) in [5, 5.41) is 20.1. The van der Waals surface area contributed by atoms with Crippen LogP contribution in [0.3, 0.4) is 0 Å². The Bertz CT molecular complexity index is 1110. The van der Waals surface area contributed by atoms with Crippen molar-refractivity contribution in [2.75, 3.05) is 5.88 Å². The van der Waals surface area contributed by atoms with Crippen LogP contribution >= 0.6 is 11.6 Å². The molecule has 0 unspecified atom stereocenters. The lowest BCUT2D eigenvalue weighted by molar-refractivity contribution is 0.0690. The highest BCUT2D eigenvalue weighted by Crippen LogP contribution is 2.24. The number of imidazole rings is 1. The third kappa shape index (κ3) is 5.30. The van der Waals surface area contributed by atoms with E-state index in [-0.39, 0.29) is 17.0 Å². The lowest BCUT2D eigenvalue weighted by atomic mass is 10.0. The molecule has 31 heavy (non-hydrogen) atoms. The first-order valence-corrected chi connectivity index (χ1v) is 10.6. The molecule has 0 aliphatic rings. The first-order chi connectivity index (χ1) is 14.9. The zero-order chi connectivity index (χ0) is 22.4. The van der Waals surface area contributed by atoms with Gasteiger partial charge in [0.1, 0.15) is 5.82 Å². The van der Waals surface area contributed by atoms with Gasteiger partial charge in [-0.3, -0.25) is 4.79 Å². The number of rotatable bonds is 10. The summed E-state index contributed by atoms with van der Waals surface area (Å²) in [6.45, 7) is 0. The van der Waals surface area contributed by atoms with Crippen molar-refractivity contribution >= 4 is 40.2 Å². The number of fused-ring (bicyclic) bond motifs is 1. The summed E-state index contributed by atoms with van der Waals surface area (Å²) in [6.07, 6.45) is 2.74. The van der Waals surface area contributed by atoms with E-state index in [1.165, 1.54) is 12.1 Å². The van der Waals surface area contributed by atoms with Crippen molar-refractivity contribution in [2.24, 2.45) is 7.05 Å². The van der Waals surface area contributed by atoms with Crippen LogP contribution in [-0.2, 0) is 7.05 Å². The molecular formula is C23H25ClN4O3. The van der Waals surface area contributed by atoms with Gasteiger partial charge in [-0.2, -0.15) is 0 Å². The highest BCUT2D eigenvalue weighted by Gasteiger charge is 2.23. The molecule has 0 spiro atoms. The van der Waals surface area contributed by atoms with Gasteiger partial charge in [0.05, 0.1) is 34.1 Å². The number of nitrogens with one attached hydrogen (secondary N) is 2. The lowest BCUT2D eigenvalue weighted by Gasteiger charge is -2.19. The van der Waals surface area contributed by atoms with Gasteiger partial charge >= 0.3 is 5.97 Å². The number of carboxylic acid groups (broad SMARTS) is 1. The van der Waals surface area contributed by atoms with Crippen LogP contribution in [-0.4, -0.2) is 38.1 Å². The largest absolute Gasteiger partial charge is 0.478 e. The van der Waals surface area contributed by atoms with E-state index >= 15 is 0 Å². The summed E-state index contributed by atoms with van der Waals surface area (Å²) in [6, 6.07) is 13.5. The van der Waals surface area contributed by atoms with E-state index in [4.69, 9.17) is 22.0 Å². The number of carboxylic acids is 1. The maximum Gasteiger partial charge on any atom is 0.336 e. The molecular weight excluding hydrogens is 416 g/mol. The van der Waals surface area contributed by atoms with Crippen LogP contribution in [0.15, 0.2) is 48.5 Å². The molecule has 3 aromatic rings. The van der Waals surface area contributed by atoms with E-state index in [0.29, 0.717) is 24.4 Å². The molecule has 1 atom stereocenters. The molecule has 2 aromatic carbocycles. The Morgan fingerprint density at radius 1 is 1.13 bits per heavy atom. The predicted octanol–water partition coefficient (Wildman–Crippen LogP) is 4.56. The van der Waals surface area contributed by atoms with Crippen molar-refractivity contribution in [1.82, 2.24) is 14.9 Å². The quantitative estimate of drug-likeness (QED) is 0.244. The molecule has 1 amide bonds. The van der Waals surface area contributed by atoms with Gasteiger partial charge in [0.2, 0.25) is 0 Å². The zero-order valence-electron chi connectivity index (χ0n) is 17.3. The number of hydrogen-bond donors (Lipinski definition) is 3. The normalized spacial score (nSPS) is 11.9. The second kappa shape index (κ2) is 10.2. The molecule has 0 radical (unpaired) electrons. The van der Waals surface area contributed by atoms with Gasteiger partial charge in [-0.25, -0.2) is 9.78 Å². The average molecular weight is 441 g/mol. The van der Waals surface area contributed by atoms with Crippen molar-refractivity contribution in [2.45, 2.75) is 31.7 Å². The molecule has 0 aliphatic heterocycles. The Morgan fingerprint density at radius 2 is 1.81 bits per heavy atom. The molecule has 0 bridgehead atoms. The monoisotopic (exact) mass is 440 g/mol. The molecule has 7 nitrogen and oxygen atoms in total. The van der Waals surface area contributed by atoms with Gasteiger partial charge in [0.15, 0.2) is 0 Å². The van der Waals surface area contributed by atoms with E-state index in [1.54, 1.807) is 12.1 Å². The molecule has 0 fully saturated rings. The third-order valence-corrected chi connectivity index (χ3v) is 5.55. The highest BCUT2D eigenvalue weighted by atomic mass is 35.5. The zero-order valence-corrected chi connectivity index (χ0v) is 18.0. The Morgan fingerprint density at radius 3 is 2.48 bits per heavy atom. The van der Waals surface area contributed by atoms with Crippen LogP contribution in [0.25, 0.3) is 11.0 Å². The first kappa shape index (κ1) is 22.5. The number of para-hydroxylation sites is 2. The number of carbonyl (C=O) groups excluding carboxylic acids is 1. The molecule has 0 saturated heterocycles. The summed E-state index contributed by atoms with van der Waals surface area (Å²) in [7, 11) is 1.90. The number of aryl methyl sites for hydroxylation is 1. The van der Waals surface area contributed by atoms with Crippen molar-refractivity contribution in [3.63, 3.8) is 0 Å². The molecule has 3 N–H and O–H groups in total. The summed E-state index contributed by atoms with van der Waals surface area (Å²) in [5.74, 6) is -0.681. The molecule has 1 aromatic heterocycles. The van der Waals surface area contributed by atoms with E-state index < -0.39 is 17.9 Å². The highest BCUT2D eigenvalue weighted by molar-refractivity contribution is 6.28. The van der Waals surface area contributed by atoms with Crippen LogP contribution in [0.4, 0.5) is 0 Å². The van der Waals surface area contributed by atoms with Gasteiger partial charge in [-0.1, -0.05) is 30.7 Å². The smallest absolute Gasteiger partial charge is 0.336 e. The van der Waals surface area contributed by atoms with Crippen LogP contribution in [0.2, 0.25) is 0 Å². The predicted molar refractivity (Wildman–Crippen MR) is 121 cm³/mol. The number of halogens is 1. The standard InChI is InChI=1S/C23H25ClN4O3/c1-28-20-13-7-6-11-18(20)26-21(28)19(12-5-2-8-15(25)14-24)27-22(29)16-9-3-4-10-17(16)23(30)31/h3-4,6-7,9-11,13,19,25H,2,5,8,12,14H2,1H3,(H,27,29)(H,30,31)/t19-/m0/s1. The maximum absolute atomic E-state index is 13.0. The van der Waals surface area contributed by atoms with Crippen LogP contribution < -0.4 is 5.32 Å². The molecule has 8 heteroatoms. The van der Waals surface area contributed by atoms with Crippen molar-refractivity contribution in [3.8, 4) is 0 Å². The minimum atomic E-state index is -1.15. The van der Waals surface area contributed by atoms with Gasteiger partial charge in [0.25, 0.3) is 5.91 Å². The molecule has 0 saturated carbocycles. The molecule has 1 heterocycles. The van der Waals surface area contributed by atoms with Crippen molar-refractivity contribution < 1.29 is 14.7 Å².